The van der Waals surface area contributed by atoms with Crippen molar-refractivity contribution in [2.45, 2.75) is 29.9 Å². The Morgan fingerprint density at radius 3 is 2.20 bits per heavy atom. The van der Waals surface area contributed by atoms with Gasteiger partial charge >= 0.3 is 0 Å². The number of sulfone groups is 1. The Morgan fingerprint density at radius 1 is 1.10 bits per heavy atom. The van der Waals surface area contributed by atoms with Crippen molar-refractivity contribution in [2.24, 2.45) is 5.41 Å². The van der Waals surface area contributed by atoms with Gasteiger partial charge < -0.3 is 20.3 Å². The first-order valence-electron chi connectivity index (χ1n) is 9.41. The lowest BCUT2D eigenvalue weighted by Crippen LogP contribution is -2.40. The molecule has 0 heterocycles. The highest BCUT2D eigenvalue weighted by molar-refractivity contribution is 7.90. The maximum atomic E-state index is 13.0. The van der Waals surface area contributed by atoms with Gasteiger partial charge in [0.05, 0.1) is 23.7 Å². The van der Waals surface area contributed by atoms with Crippen molar-refractivity contribution in [1.29, 1.82) is 0 Å². The van der Waals surface area contributed by atoms with Gasteiger partial charge in [0.2, 0.25) is 0 Å². The monoisotopic (exact) mass is 437 g/mol. The standard InChI is InChI=1S/C21H24FNO6S/c1-30(27,28)17-8-6-16(7-9-17)29-13-21(10-18(24)19(25)11-21)12-23-20(26)14-2-4-15(22)5-3-14/h2-9,18-19,24-25H,10-13H2,1H3,(H,23,26). The van der Waals surface area contributed by atoms with E-state index in [0.717, 1.165) is 6.26 Å². The molecule has 3 N–H and O–H groups in total. The Balaban J connectivity index is 1.68. The predicted molar refractivity (Wildman–Crippen MR) is 107 cm³/mol. The van der Waals surface area contributed by atoms with Crippen LogP contribution in [-0.4, -0.2) is 56.2 Å². The maximum Gasteiger partial charge on any atom is 0.251 e. The van der Waals surface area contributed by atoms with E-state index in [-0.39, 0.29) is 30.9 Å². The molecule has 2 atom stereocenters. The molecule has 0 bridgehead atoms. The first-order chi connectivity index (χ1) is 14.1. The molecule has 1 saturated carbocycles. The second kappa shape index (κ2) is 8.71. The van der Waals surface area contributed by atoms with Crippen LogP contribution in [0.25, 0.3) is 0 Å². The molecular weight excluding hydrogens is 413 g/mol. The summed E-state index contributed by atoms with van der Waals surface area (Å²) in [5, 5.41) is 22.8. The van der Waals surface area contributed by atoms with E-state index < -0.39 is 39.2 Å². The Morgan fingerprint density at radius 2 is 1.67 bits per heavy atom. The van der Waals surface area contributed by atoms with Crippen LogP contribution in [0, 0.1) is 11.2 Å². The zero-order chi connectivity index (χ0) is 21.9. The highest BCUT2D eigenvalue weighted by Gasteiger charge is 2.45. The van der Waals surface area contributed by atoms with Gasteiger partial charge in [0.15, 0.2) is 9.84 Å². The summed E-state index contributed by atoms with van der Waals surface area (Å²) < 4.78 is 42.0. The number of nitrogens with one attached hydrogen (secondary N) is 1. The van der Waals surface area contributed by atoms with Crippen molar-refractivity contribution in [3.05, 3.63) is 59.9 Å². The van der Waals surface area contributed by atoms with Gasteiger partial charge in [-0.3, -0.25) is 4.79 Å². The van der Waals surface area contributed by atoms with Crippen LogP contribution in [0.3, 0.4) is 0 Å². The summed E-state index contributed by atoms with van der Waals surface area (Å²) in [7, 11) is -3.32. The summed E-state index contributed by atoms with van der Waals surface area (Å²) in [5.41, 5.74) is -0.424. The lowest BCUT2D eigenvalue weighted by Gasteiger charge is -2.29. The van der Waals surface area contributed by atoms with Crippen LogP contribution in [-0.2, 0) is 9.84 Å². The van der Waals surface area contributed by atoms with Gasteiger partial charge in [-0.15, -0.1) is 0 Å². The van der Waals surface area contributed by atoms with E-state index >= 15 is 0 Å². The summed E-state index contributed by atoms with van der Waals surface area (Å²) in [6, 6.07) is 11.1. The largest absolute Gasteiger partial charge is 0.493 e. The number of halogens is 1. The van der Waals surface area contributed by atoms with E-state index in [9.17, 15) is 27.8 Å². The Labute approximate surface area is 174 Å². The minimum Gasteiger partial charge on any atom is -0.493 e. The lowest BCUT2D eigenvalue weighted by molar-refractivity contribution is 0.0438. The molecule has 30 heavy (non-hydrogen) atoms. The normalized spacial score (nSPS) is 23.9. The number of carbonyl (C=O) groups excluding carboxylic acids is 1. The number of ether oxygens (including phenoxy) is 1. The summed E-state index contributed by atoms with van der Waals surface area (Å²) >= 11 is 0. The van der Waals surface area contributed by atoms with E-state index in [0.29, 0.717) is 11.3 Å². The van der Waals surface area contributed by atoms with Crippen molar-refractivity contribution >= 4 is 15.7 Å². The number of aliphatic hydroxyl groups is 2. The average Bonchev–Trinajstić information content (AvgIpc) is 2.99. The van der Waals surface area contributed by atoms with Crippen LogP contribution in [0.1, 0.15) is 23.2 Å². The highest BCUT2D eigenvalue weighted by Crippen LogP contribution is 2.38. The van der Waals surface area contributed by atoms with Crippen LogP contribution >= 0.6 is 0 Å². The van der Waals surface area contributed by atoms with E-state index in [2.05, 4.69) is 5.32 Å². The summed E-state index contributed by atoms with van der Waals surface area (Å²) in [4.78, 5) is 12.5. The minimum absolute atomic E-state index is 0.100. The molecule has 0 aromatic heterocycles. The number of amides is 1. The van der Waals surface area contributed by atoms with E-state index in [1.807, 2.05) is 0 Å². The molecule has 1 amide bonds. The molecule has 9 heteroatoms. The van der Waals surface area contributed by atoms with E-state index in [1.165, 1.54) is 48.5 Å². The molecule has 0 saturated heterocycles. The quantitative estimate of drug-likeness (QED) is 0.606. The fraction of sp³-hybridized carbons (Fsp3) is 0.381. The van der Waals surface area contributed by atoms with Gasteiger partial charge in [-0.25, -0.2) is 12.8 Å². The molecule has 7 nitrogen and oxygen atoms in total. The van der Waals surface area contributed by atoms with Crippen molar-refractivity contribution in [3.63, 3.8) is 0 Å². The molecule has 3 rings (SSSR count). The smallest absolute Gasteiger partial charge is 0.251 e. The van der Waals surface area contributed by atoms with Crippen LogP contribution in [0.4, 0.5) is 4.39 Å². The first-order valence-corrected chi connectivity index (χ1v) is 11.3. The molecule has 1 aliphatic carbocycles. The van der Waals surface area contributed by atoms with Crippen molar-refractivity contribution in [3.8, 4) is 5.75 Å². The lowest BCUT2D eigenvalue weighted by atomic mass is 9.86. The molecule has 1 aliphatic rings. The Kier molecular flexibility index (Phi) is 6.44. The van der Waals surface area contributed by atoms with Gasteiger partial charge in [-0.2, -0.15) is 0 Å². The third-order valence-corrected chi connectivity index (χ3v) is 6.38. The molecule has 2 aromatic carbocycles. The van der Waals surface area contributed by atoms with Crippen LogP contribution < -0.4 is 10.1 Å². The van der Waals surface area contributed by atoms with Gasteiger partial charge in [-0.1, -0.05) is 0 Å². The number of carbonyl (C=O) groups is 1. The predicted octanol–water partition coefficient (Wildman–Crippen LogP) is 1.54. The van der Waals surface area contributed by atoms with Gasteiger partial charge in [0, 0.05) is 23.8 Å². The molecular formula is C21H24FNO6S. The first kappa shape index (κ1) is 22.2. The van der Waals surface area contributed by atoms with Crippen LogP contribution in [0.5, 0.6) is 5.75 Å². The van der Waals surface area contributed by atoms with Crippen molar-refractivity contribution in [1.82, 2.24) is 5.32 Å². The molecule has 0 aliphatic heterocycles. The Hall–Kier alpha value is -2.49. The molecule has 1 fully saturated rings. The molecule has 2 unspecified atom stereocenters. The SMILES string of the molecule is CS(=O)(=O)c1ccc(OCC2(CNC(=O)c3ccc(F)cc3)CC(O)C(O)C2)cc1. The molecule has 162 valence electrons. The van der Waals surface area contributed by atoms with Crippen LogP contribution in [0.15, 0.2) is 53.4 Å². The zero-order valence-corrected chi connectivity index (χ0v) is 17.2. The average molecular weight is 437 g/mol. The van der Waals surface area contributed by atoms with Gasteiger partial charge in [-0.05, 0) is 61.4 Å². The fourth-order valence-corrected chi connectivity index (χ4v) is 4.18. The van der Waals surface area contributed by atoms with Gasteiger partial charge in [0.25, 0.3) is 5.91 Å². The maximum absolute atomic E-state index is 13.0. The van der Waals surface area contributed by atoms with Crippen molar-refractivity contribution in [2.75, 3.05) is 19.4 Å². The number of hydrogen-bond acceptors (Lipinski definition) is 6. The minimum atomic E-state index is -3.32. The van der Waals surface area contributed by atoms with Crippen molar-refractivity contribution < 1.29 is 32.6 Å². The summed E-state index contributed by atoms with van der Waals surface area (Å²) in [6.07, 6.45) is -0.325. The topological polar surface area (TPSA) is 113 Å². The second-order valence-electron chi connectivity index (χ2n) is 7.76. The molecule has 0 radical (unpaired) electrons. The zero-order valence-electron chi connectivity index (χ0n) is 16.4. The van der Waals surface area contributed by atoms with E-state index in [1.54, 1.807) is 0 Å². The Bertz CT molecular complexity index is 981. The molecule has 0 spiro atoms. The third kappa shape index (κ3) is 5.35. The summed E-state index contributed by atoms with van der Waals surface area (Å²) in [5.74, 6) is -0.411. The third-order valence-electron chi connectivity index (χ3n) is 5.26. The number of benzene rings is 2. The van der Waals surface area contributed by atoms with Crippen LogP contribution in [0.2, 0.25) is 0 Å². The highest BCUT2D eigenvalue weighted by atomic mass is 32.2. The number of rotatable bonds is 7. The number of hydrogen-bond donors (Lipinski definition) is 3. The second-order valence-corrected chi connectivity index (χ2v) is 9.78. The fourth-order valence-electron chi connectivity index (χ4n) is 3.55. The molecule has 2 aromatic rings. The number of aliphatic hydroxyl groups excluding tert-OH is 2. The van der Waals surface area contributed by atoms with E-state index in [4.69, 9.17) is 4.74 Å². The summed E-state index contributed by atoms with van der Waals surface area (Å²) in [6.45, 7) is 0.238. The van der Waals surface area contributed by atoms with Gasteiger partial charge in [0.1, 0.15) is 11.6 Å².